The van der Waals surface area contributed by atoms with Crippen molar-refractivity contribution in [3.8, 4) is 0 Å². The lowest BCUT2D eigenvalue weighted by atomic mass is 10.1. The van der Waals surface area contributed by atoms with Crippen molar-refractivity contribution in [3.63, 3.8) is 0 Å². The molecule has 0 aliphatic rings. The van der Waals surface area contributed by atoms with Gasteiger partial charge in [0, 0.05) is 22.8 Å². The number of rotatable bonds is 3. The van der Waals surface area contributed by atoms with Gasteiger partial charge >= 0.3 is 0 Å². The van der Waals surface area contributed by atoms with Crippen molar-refractivity contribution < 1.29 is 9.50 Å². The Morgan fingerprint density at radius 3 is 2.89 bits per heavy atom. The Kier molecular flexibility index (Phi) is 4.04. The van der Waals surface area contributed by atoms with Gasteiger partial charge in [0.15, 0.2) is 0 Å². The third-order valence-electron chi connectivity index (χ3n) is 2.69. The van der Waals surface area contributed by atoms with Gasteiger partial charge in [-0.25, -0.2) is 4.39 Å². The van der Waals surface area contributed by atoms with E-state index in [2.05, 4.69) is 21.0 Å². The number of nitrogens with zero attached hydrogens (tertiary/aromatic N) is 2. The average Bonchev–Trinajstić information content (AvgIpc) is 2.83. The van der Waals surface area contributed by atoms with Gasteiger partial charge in [-0.05, 0) is 35.0 Å². The first-order valence-electron chi connectivity index (χ1n) is 5.39. The van der Waals surface area contributed by atoms with Crippen LogP contribution in [0.3, 0.4) is 0 Å². The molecule has 1 aromatic heterocycles. The lowest BCUT2D eigenvalue weighted by molar-refractivity contribution is 0.203. The van der Waals surface area contributed by atoms with Gasteiger partial charge in [0.1, 0.15) is 11.9 Å². The van der Waals surface area contributed by atoms with Crippen LogP contribution < -0.4 is 0 Å². The average molecular weight is 334 g/mol. The predicted molar refractivity (Wildman–Crippen MR) is 71.1 cm³/mol. The lowest BCUT2D eigenvalue weighted by Crippen LogP contribution is -2.10. The number of halogens is 3. The van der Waals surface area contributed by atoms with Crippen LogP contribution in [-0.4, -0.2) is 14.9 Å². The smallest absolute Gasteiger partial charge is 0.149 e. The molecule has 0 saturated carbocycles. The van der Waals surface area contributed by atoms with E-state index in [1.54, 1.807) is 23.0 Å². The molecule has 1 N–H and O–H groups in total. The zero-order chi connectivity index (χ0) is 13.3. The van der Waals surface area contributed by atoms with E-state index in [-0.39, 0.29) is 10.6 Å². The maximum atomic E-state index is 14.0. The minimum absolute atomic E-state index is 0.0332. The SMILES string of the molecule is CCn1nccc1C(O)c1ccc(Br)c(Cl)c1F. The minimum Gasteiger partial charge on any atom is -0.382 e. The first-order chi connectivity index (χ1) is 8.56. The summed E-state index contributed by atoms with van der Waals surface area (Å²) in [6.07, 6.45) is 0.485. The van der Waals surface area contributed by atoms with Crippen molar-refractivity contribution in [2.75, 3.05) is 0 Å². The second-order valence-corrected chi connectivity index (χ2v) is 4.97. The fourth-order valence-corrected chi connectivity index (χ4v) is 2.23. The molecule has 0 spiro atoms. The van der Waals surface area contributed by atoms with E-state index in [4.69, 9.17) is 11.6 Å². The van der Waals surface area contributed by atoms with Gasteiger partial charge in [0.2, 0.25) is 0 Å². The summed E-state index contributed by atoms with van der Waals surface area (Å²) in [5.74, 6) is -0.623. The van der Waals surface area contributed by atoms with Gasteiger partial charge < -0.3 is 5.11 Å². The Balaban J connectivity index is 2.46. The molecule has 1 unspecified atom stereocenters. The minimum atomic E-state index is -1.09. The van der Waals surface area contributed by atoms with E-state index < -0.39 is 11.9 Å². The van der Waals surface area contributed by atoms with Crippen molar-refractivity contribution in [3.05, 3.63) is 51.0 Å². The summed E-state index contributed by atoms with van der Waals surface area (Å²) in [7, 11) is 0. The Morgan fingerprint density at radius 1 is 1.50 bits per heavy atom. The van der Waals surface area contributed by atoms with Crippen LogP contribution in [0.25, 0.3) is 0 Å². The summed E-state index contributed by atoms with van der Waals surface area (Å²) in [6, 6.07) is 4.77. The largest absolute Gasteiger partial charge is 0.382 e. The zero-order valence-electron chi connectivity index (χ0n) is 9.57. The number of aliphatic hydroxyl groups excluding tert-OH is 1. The van der Waals surface area contributed by atoms with E-state index in [0.717, 1.165) is 0 Å². The summed E-state index contributed by atoms with van der Waals surface area (Å²) in [6.45, 7) is 2.50. The molecule has 6 heteroatoms. The molecule has 2 rings (SSSR count). The van der Waals surface area contributed by atoms with Crippen LogP contribution in [0.4, 0.5) is 4.39 Å². The third-order valence-corrected chi connectivity index (χ3v) is 3.95. The monoisotopic (exact) mass is 332 g/mol. The van der Waals surface area contributed by atoms with Crippen LogP contribution in [0.5, 0.6) is 0 Å². The maximum Gasteiger partial charge on any atom is 0.149 e. The highest BCUT2D eigenvalue weighted by Crippen LogP contribution is 2.32. The van der Waals surface area contributed by atoms with Crippen LogP contribution in [0.15, 0.2) is 28.9 Å². The Morgan fingerprint density at radius 2 is 2.22 bits per heavy atom. The summed E-state index contributed by atoms with van der Waals surface area (Å²) in [5, 5.41) is 14.2. The van der Waals surface area contributed by atoms with E-state index in [1.165, 1.54) is 6.07 Å². The van der Waals surface area contributed by atoms with Crippen LogP contribution in [0.1, 0.15) is 24.3 Å². The molecule has 1 aromatic carbocycles. The fraction of sp³-hybridized carbons (Fsp3) is 0.250. The second kappa shape index (κ2) is 5.38. The fourth-order valence-electron chi connectivity index (χ4n) is 1.75. The van der Waals surface area contributed by atoms with Crippen LogP contribution in [0.2, 0.25) is 5.02 Å². The molecule has 0 aliphatic heterocycles. The van der Waals surface area contributed by atoms with Crippen molar-refractivity contribution >= 4 is 27.5 Å². The molecule has 2 aromatic rings. The Hall–Kier alpha value is -0.910. The quantitative estimate of drug-likeness (QED) is 0.873. The number of benzene rings is 1. The topological polar surface area (TPSA) is 38.0 Å². The van der Waals surface area contributed by atoms with Crippen molar-refractivity contribution in [2.45, 2.75) is 19.6 Å². The van der Waals surface area contributed by atoms with Crippen molar-refractivity contribution in [1.82, 2.24) is 9.78 Å². The zero-order valence-corrected chi connectivity index (χ0v) is 11.9. The number of aryl methyl sites for hydroxylation is 1. The van der Waals surface area contributed by atoms with Gasteiger partial charge in [-0.3, -0.25) is 4.68 Å². The number of aliphatic hydroxyl groups is 1. The predicted octanol–water partition coefficient (Wildman–Crippen LogP) is 3.54. The number of hydrogen-bond acceptors (Lipinski definition) is 2. The molecule has 0 aliphatic carbocycles. The molecule has 0 amide bonds. The first kappa shape index (κ1) is 13.5. The molecule has 3 nitrogen and oxygen atoms in total. The molecule has 0 bridgehead atoms. The summed E-state index contributed by atoms with van der Waals surface area (Å²) in [4.78, 5) is 0. The number of hydrogen-bond donors (Lipinski definition) is 1. The summed E-state index contributed by atoms with van der Waals surface area (Å²) in [5.41, 5.74) is 0.674. The molecular formula is C12H11BrClFN2O. The van der Waals surface area contributed by atoms with Gasteiger partial charge in [-0.1, -0.05) is 17.7 Å². The molecule has 0 fully saturated rings. The van der Waals surface area contributed by atoms with Crippen LogP contribution >= 0.6 is 27.5 Å². The highest BCUT2D eigenvalue weighted by atomic mass is 79.9. The Bertz CT molecular complexity index is 573. The maximum absolute atomic E-state index is 14.0. The normalized spacial score (nSPS) is 12.7. The third kappa shape index (κ3) is 2.30. The van der Waals surface area contributed by atoms with Crippen LogP contribution in [-0.2, 0) is 6.54 Å². The number of aromatic nitrogens is 2. The molecule has 0 saturated heterocycles. The standard InChI is InChI=1S/C12H11BrClFN2O/c1-2-17-9(5-6-16-17)12(18)7-3-4-8(13)10(14)11(7)15/h3-6,12,18H,2H2,1H3. The van der Waals surface area contributed by atoms with E-state index in [0.29, 0.717) is 16.7 Å². The van der Waals surface area contributed by atoms with Crippen molar-refractivity contribution in [2.24, 2.45) is 0 Å². The Labute approximate surface area is 117 Å². The van der Waals surface area contributed by atoms with E-state index in [1.807, 2.05) is 6.92 Å². The van der Waals surface area contributed by atoms with Crippen molar-refractivity contribution in [1.29, 1.82) is 0 Å². The van der Waals surface area contributed by atoms with Crippen LogP contribution in [0, 0.1) is 5.82 Å². The summed E-state index contributed by atoms with van der Waals surface area (Å²) >= 11 is 8.94. The second-order valence-electron chi connectivity index (χ2n) is 3.74. The summed E-state index contributed by atoms with van der Waals surface area (Å²) < 4.78 is 16.1. The first-order valence-corrected chi connectivity index (χ1v) is 6.56. The lowest BCUT2D eigenvalue weighted by Gasteiger charge is -2.14. The molecule has 96 valence electrons. The van der Waals surface area contributed by atoms with Gasteiger partial charge in [-0.15, -0.1) is 0 Å². The van der Waals surface area contributed by atoms with E-state index in [9.17, 15) is 9.50 Å². The van der Waals surface area contributed by atoms with Gasteiger partial charge in [0.05, 0.1) is 10.7 Å². The molecule has 1 atom stereocenters. The van der Waals surface area contributed by atoms with Gasteiger partial charge in [0.25, 0.3) is 0 Å². The highest BCUT2D eigenvalue weighted by molar-refractivity contribution is 9.10. The highest BCUT2D eigenvalue weighted by Gasteiger charge is 2.21. The molecule has 0 radical (unpaired) electrons. The molecule has 18 heavy (non-hydrogen) atoms. The van der Waals surface area contributed by atoms with E-state index >= 15 is 0 Å². The van der Waals surface area contributed by atoms with Gasteiger partial charge in [-0.2, -0.15) is 5.10 Å². The molecular weight excluding hydrogens is 322 g/mol. The molecule has 1 heterocycles.